The summed E-state index contributed by atoms with van der Waals surface area (Å²) in [6.07, 6.45) is 1.94. The molecule has 0 radical (unpaired) electrons. The molecule has 2 aliphatic rings. The van der Waals surface area contributed by atoms with Crippen molar-refractivity contribution < 1.29 is 18.8 Å². The number of aromatic nitrogens is 2. The Labute approximate surface area is 144 Å². The monoisotopic (exact) mass is 342 g/mol. The molecule has 1 saturated heterocycles. The fourth-order valence-corrected chi connectivity index (χ4v) is 3.33. The van der Waals surface area contributed by atoms with Gasteiger partial charge in [-0.3, -0.25) is 9.69 Å². The van der Waals surface area contributed by atoms with Gasteiger partial charge < -0.3 is 14.6 Å². The smallest absolute Gasteiger partial charge is 0.325 e. The quantitative estimate of drug-likeness (QED) is 0.850. The Kier molecular flexibility index (Phi) is 3.67. The molecule has 1 aromatic heterocycles. The minimum Gasteiger partial charge on any atom is -0.493 e. The predicted octanol–water partition coefficient (Wildman–Crippen LogP) is 1.75. The molecular formula is C17H18N4O4. The number of carbonyl (C=O) groups is 2. The van der Waals surface area contributed by atoms with Gasteiger partial charge >= 0.3 is 6.03 Å². The Bertz CT molecular complexity index is 834. The van der Waals surface area contributed by atoms with E-state index in [-0.39, 0.29) is 12.5 Å². The van der Waals surface area contributed by atoms with E-state index in [0.717, 1.165) is 11.3 Å². The summed E-state index contributed by atoms with van der Waals surface area (Å²) in [5.74, 6) is 1.14. The van der Waals surface area contributed by atoms with Gasteiger partial charge in [-0.15, -0.1) is 0 Å². The Morgan fingerprint density at radius 2 is 2.16 bits per heavy atom. The van der Waals surface area contributed by atoms with Crippen molar-refractivity contribution in [1.82, 2.24) is 20.4 Å². The van der Waals surface area contributed by atoms with E-state index in [1.807, 2.05) is 25.1 Å². The minimum atomic E-state index is -1.08. The number of hydrogen-bond donors (Lipinski definition) is 1. The first-order valence-electron chi connectivity index (χ1n) is 8.32. The lowest BCUT2D eigenvalue weighted by Gasteiger charge is -2.33. The van der Waals surface area contributed by atoms with Crippen LogP contribution in [0.3, 0.4) is 0 Å². The van der Waals surface area contributed by atoms with Crippen LogP contribution in [-0.2, 0) is 23.3 Å². The van der Waals surface area contributed by atoms with Crippen LogP contribution in [0.5, 0.6) is 5.75 Å². The third kappa shape index (κ3) is 2.45. The average Bonchev–Trinajstić information content (AvgIpc) is 3.15. The zero-order valence-corrected chi connectivity index (χ0v) is 13.8. The van der Waals surface area contributed by atoms with Gasteiger partial charge in [0.25, 0.3) is 5.91 Å². The van der Waals surface area contributed by atoms with Crippen molar-refractivity contribution in [2.24, 2.45) is 0 Å². The molecule has 0 saturated carbocycles. The largest absolute Gasteiger partial charge is 0.493 e. The Balaban J connectivity index is 1.62. The summed E-state index contributed by atoms with van der Waals surface area (Å²) < 4.78 is 10.7. The first kappa shape index (κ1) is 15.6. The number of imide groups is 1. The second-order valence-electron chi connectivity index (χ2n) is 6.18. The van der Waals surface area contributed by atoms with Crippen LogP contribution < -0.4 is 10.1 Å². The van der Waals surface area contributed by atoms with Crippen molar-refractivity contribution in [3.63, 3.8) is 0 Å². The van der Waals surface area contributed by atoms with E-state index in [0.29, 0.717) is 42.5 Å². The number of nitrogens with one attached hydrogen (secondary N) is 1. The number of aryl methyl sites for hydroxylation is 1. The maximum absolute atomic E-state index is 13.1. The van der Waals surface area contributed by atoms with Crippen LogP contribution in [0.25, 0.3) is 0 Å². The molecule has 3 heterocycles. The summed E-state index contributed by atoms with van der Waals surface area (Å²) in [7, 11) is 0. The molecule has 8 heteroatoms. The average molecular weight is 342 g/mol. The molecule has 8 nitrogen and oxygen atoms in total. The second kappa shape index (κ2) is 5.87. The second-order valence-corrected chi connectivity index (χ2v) is 6.18. The van der Waals surface area contributed by atoms with Gasteiger partial charge in [0.1, 0.15) is 5.75 Å². The van der Waals surface area contributed by atoms with Gasteiger partial charge in [-0.1, -0.05) is 30.3 Å². The number of hydrogen-bond acceptors (Lipinski definition) is 6. The number of nitrogens with zero attached hydrogens (tertiary/aromatic N) is 3. The van der Waals surface area contributed by atoms with E-state index in [1.165, 1.54) is 0 Å². The number of amides is 3. The van der Waals surface area contributed by atoms with Gasteiger partial charge in [0.15, 0.2) is 11.4 Å². The summed E-state index contributed by atoms with van der Waals surface area (Å²) in [6.45, 7) is 2.36. The molecule has 2 aliphatic heterocycles. The van der Waals surface area contributed by atoms with Gasteiger partial charge in [-0.2, -0.15) is 4.98 Å². The summed E-state index contributed by atoms with van der Waals surface area (Å²) in [4.78, 5) is 30.9. The van der Waals surface area contributed by atoms with Crippen molar-refractivity contribution in [2.75, 3.05) is 6.61 Å². The number of benzene rings is 1. The molecule has 1 aromatic carbocycles. The third-order valence-corrected chi connectivity index (χ3v) is 4.53. The number of carbonyl (C=O) groups excluding carboxylic acids is 2. The summed E-state index contributed by atoms with van der Waals surface area (Å²) >= 11 is 0. The van der Waals surface area contributed by atoms with Gasteiger partial charge in [-0.25, -0.2) is 4.79 Å². The van der Waals surface area contributed by atoms with E-state index in [4.69, 9.17) is 9.26 Å². The Hall–Kier alpha value is -2.90. The molecule has 0 unspecified atom stereocenters. The lowest BCUT2D eigenvalue weighted by atomic mass is 9.84. The van der Waals surface area contributed by atoms with E-state index >= 15 is 0 Å². The van der Waals surface area contributed by atoms with Crippen molar-refractivity contribution in [3.05, 3.63) is 41.5 Å². The fourth-order valence-electron chi connectivity index (χ4n) is 3.33. The van der Waals surface area contributed by atoms with E-state index in [9.17, 15) is 9.59 Å². The number of para-hydroxylation sites is 1. The highest BCUT2D eigenvalue weighted by atomic mass is 16.5. The first-order chi connectivity index (χ1) is 12.1. The van der Waals surface area contributed by atoms with Gasteiger partial charge in [0.2, 0.25) is 5.89 Å². The zero-order chi connectivity index (χ0) is 17.4. The molecule has 130 valence electrons. The Morgan fingerprint density at radius 1 is 1.32 bits per heavy atom. The molecule has 4 rings (SSSR count). The highest BCUT2D eigenvalue weighted by Crippen LogP contribution is 2.41. The summed E-state index contributed by atoms with van der Waals surface area (Å²) in [5, 5.41) is 6.71. The lowest BCUT2D eigenvalue weighted by Crippen LogP contribution is -2.47. The zero-order valence-electron chi connectivity index (χ0n) is 13.8. The predicted molar refractivity (Wildman–Crippen MR) is 85.6 cm³/mol. The summed E-state index contributed by atoms with van der Waals surface area (Å²) in [6, 6.07) is 6.82. The minimum absolute atomic E-state index is 0.0113. The molecule has 1 atom stereocenters. The molecule has 3 amide bonds. The van der Waals surface area contributed by atoms with Gasteiger partial charge in [0, 0.05) is 18.4 Å². The highest BCUT2D eigenvalue weighted by molar-refractivity contribution is 6.07. The third-order valence-electron chi connectivity index (χ3n) is 4.53. The standard InChI is InChI=1S/C17H18N4O4/c1-2-5-14-18-13(20-25-14)10-21-15(22)17(19-16(21)23)8-9-24-12-7-4-3-6-11(12)17/h3-4,6-7H,2,5,8-10H2,1H3,(H,19,23)/t17-/m0/s1. The van der Waals surface area contributed by atoms with Gasteiger partial charge in [-0.05, 0) is 12.5 Å². The number of ether oxygens (including phenoxy) is 1. The van der Waals surface area contributed by atoms with Crippen molar-refractivity contribution in [2.45, 2.75) is 38.3 Å². The van der Waals surface area contributed by atoms with Crippen LogP contribution in [0.2, 0.25) is 0 Å². The number of rotatable bonds is 4. The SMILES string of the molecule is CCCc1nc(CN2C(=O)N[C@]3(CCOc4ccccc43)C2=O)no1. The fraction of sp³-hybridized carbons (Fsp3) is 0.412. The van der Waals surface area contributed by atoms with Crippen molar-refractivity contribution >= 4 is 11.9 Å². The molecule has 2 aromatic rings. The molecule has 1 spiro atoms. The first-order valence-corrected chi connectivity index (χ1v) is 8.32. The van der Waals surface area contributed by atoms with E-state index in [2.05, 4.69) is 15.5 Å². The van der Waals surface area contributed by atoms with E-state index in [1.54, 1.807) is 6.07 Å². The maximum atomic E-state index is 13.1. The lowest BCUT2D eigenvalue weighted by molar-refractivity contribution is -0.133. The van der Waals surface area contributed by atoms with Crippen LogP contribution in [-0.4, -0.2) is 33.6 Å². The molecular weight excluding hydrogens is 324 g/mol. The molecule has 25 heavy (non-hydrogen) atoms. The Morgan fingerprint density at radius 3 is 3.00 bits per heavy atom. The maximum Gasteiger partial charge on any atom is 0.325 e. The van der Waals surface area contributed by atoms with Crippen LogP contribution >= 0.6 is 0 Å². The molecule has 0 bridgehead atoms. The van der Waals surface area contributed by atoms with Crippen molar-refractivity contribution in [3.8, 4) is 5.75 Å². The van der Waals surface area contributed by atoms with E-state index < -0.39 is 11.6 Å². The van der Waals surface area contributed by atoms with Crippen LogP contribution in [0.4, 0.5) is 4.79 Å². The molecule has 0 aliphatic carbocycles. The summed E-state index contributed by atoms with van der Waals surface area (Å²) in [5.41, 5.74) is -0.399. The number of urea groups is 1. The molecule has 1 N–H and O–H groups in total. The topological polar surface area (TPSA) is 97.6 Å². The van der Waals surface area contributed by atoms with Crippen molar-refractivity contribution in [1.29, 1.82) is 0 Å². The van der Waals surface area contributed by atoms with Gasteiger partial charge in [0.05, 0.1) is 13.2 Å². The van der Waals surface area contributed by atoms with Crippen LogP contribution in [0.15, 0.2) is 28.8 Å². The van der Waals surface area contributed by atoms with Crippen LogP contribution in [0.1, 0.15) is 37.0 Å². The van der Waals surface area contributed by atoms with Crippen LogP contribution in [0, 0.1) is 0 Å². The molecule has 1 fully saturated rings. The number of fused-ring (bicyclic) bond motifs is 2. The normalized spacial score (nSPS) is 22.0. The highest BCUT2D eigenvalue weighted by Gasteiger charge is 2.55.